The highest BCUT2D eigenvalue weighted by molar-refractivity contribution is 7.89. The summed E-state index contributed by atoms with van der Waals surface area (Å²) >= 11 is 0. The van der Waals surface area contributed by atoms with Crippen molar-refractivity contribution in [2.24, 2.45) is 5.14 Å². The van der Waals surface area contributed by atoms with Crippen LogP contribution in [0.5, 0.6) is 0 Å². The van der Waals surface area contributed by atoms with Crippen molar-refractivity contribution in [3.05, 3.63) is 42.7 Å². The summed E-state index contributed by atoms with van der Waals surface area (Å²) in [5.74, 6) is -0.727. The van der Waals surface area contributed by atoms with Crippen molar-refractivity contribution in [2.45, 2.75) is 11.3 Å². The van der Waals surface area contributed by atoms with Crippen molar-refractivity contribution in [3.63, 3.8) is 0 Å². The van der Waals surface area contributed by atoms with Crippen LogP contribution in [0.25, 0.3) is 0 Å². The van der Waals surface area contributed by atoms with E-state index in [0.717, 1.165) is 0 Å². The van der Waals surface area contributed by atoms with E-state index in [4.69, 9.17) is 9.88 Å². The highest BCUT2D eigenvalue weighted by Crippen LogP contribution is 2.12. The molecule has 0 aliphatic rings. The molecule has 0 saturated carbocycles. The first kappa shape index (κ1) is 19.3. The summed E-state index contributed by atoms with van der Waals surface area (Å²) in [7, 11) is -3.80. The molecule has 4 N–H and O–H groups in total. The SMILES string of the molecule is NS(=O)(=O)c1ccc(NC(=O)COC(=O)CCNc2ncccn2)cc1. The summed E-state index contributed by atoms with van der Waals surface area (Å²) in [6.45, 7) is -0.197. The number of nitrogens with two attached hydrogens (primary N) is 1. The quantitative estimate of drug-likeness (QED) is 0.546. The first-order valence-electron chi connectivity index (χ1n) is 7.44. The Morgan fingerprint density at radius 1 is 1.12 bits per heavy atom. The number of nitrogens with zero attached hydrogens (tertiary/aromatic N) is 2. The number of hydrogen-bond acceptors (Lipinski definition) is 8. The monoisotopic (exact) mass is 379 g/mol. The van der Waals surface area contributed by atoms with Crippen molar-refractivity contribution < 1.29 is 22.7 Å². The van der Waals surface area contributed by atoms with Gasteiger partial charge in [-0.05, 0) is 30.3 Å². The standard InChI is InChI=1S/C15H17N5O5S/c16-26(23,24)12-4-2-11(3-5-12)20-13(21)10-25-14(22)6-9-19-15-17-7-1-8-18-15/h1-5,7-8H,6,9-10H2,(H,20,21)(H2,16,23,24)(H,17,18,19). The average molecular weight is 379 g/mol. The molecule has 26 heavy (non-hydrogen) atoms. The number of ether oxygens (including phenoxy) is 1. The molecule has 0 spiro atoms. The zero-order valence-corrected chi connectivity index (χ0v) is 14.4. The molecule has 0 fully saturated rings. The Balaban J connectivity index is 1.70. The maximum Gasteiger partial charge on any atom is 0.308 e. The predicted molar refractivity (Wildman–Crippen MR) is 92.5 cm³/mol. The molecule has 1 aromatic heterocycles. The van der Waals surface area contributed by atoms with Crippen LogP contribution in [0.2, 0.25) is 0 Å². The fourth-order valence-electron chi connectivity index (χ4n) is 1.81. The van der Waals surface area contributed by atoms with Gasteiger partial charge in [0.15, 0.2) is 6.61 Å². The number of sulfonamides is 1. The van der Waals surface area contributed by atoms with E-state index in [1.807, 2.05) is 0 Å². The molecule has 0 atom stereocenters. The van der Waals surface area contributed by atoms with E-state index in [1.165, 1.54) is 24.3 Å². The molecule has 0 unspecified atom stereocenters. The van der Waals surface area contributed by atoms with Gasteiger partial charge < -0.3 is 15.4 Å². The van der Waals surface area contributed by atoms with Gasteiger partial charge in [-0.3, -0.25) is 9.59 Å². The number of benzene rings is 1. The second-order valence-electron chi connectivity index (χ2n) is 5.03. The first-order chi connectivity index (χ1) is 12.3. The lowest BCUT2D eigenvalue weighted by atomic mass is 10.3. The maximum atomic E-state index is 11.7. The van der Waals surface area contributed by atoms with Gasteiger partial charge in [-0.15, -0.1) is 0 Å². The molecule has 10 nitrogen and oxygen atoms in total. The largest absolute Gasteiger partial charge is 0.456 e. The van der Waals surface area contributed by atoms with Gasteiger partial charge in [-0.1, -0.05) is 0 Å². The number of carbonyl (C=O) groups excluding carboxylic acids is 2. The Kier molecular flexibility index (Phi) is 6.58. The van der Waals surface area contributed by atoms with Gasteiger partial charge in [0.05, 0.1) is 11.3 Å². The van der Waals surface area contributed by atoms with Crippen LogP contribution >= 0.6 is 0 Å². The number of carbonyl (C=O) groups is 2. The van der Waals surface area contributed by atoms with Crippen LogP contribution in [0.3, 0.4) is 0 Å². The second kappa shape index (κ2) is 8.87. The van der Waals surface area contributed by atoms with E-state index in [2.05, 4.69) is 20.6 Å². The zero-order valence-electron chi connectivity index (χ0n) is 13.6. The molecular formula is C15H17N5O5S. The molecule has 0 radical (unpaired) electrons. The summed E-state index contributed by atoms with van der Waals surface area (Å²) in [5, 5.41) is 10.3. The van der Waals surface area contributed by atoms with Crippen molar-refractivity contribution in [1.82, 2.24) is 9.97 Å². The Bertz CT molecular complexity index is 856. The molecule has 0 aliphatic heterocycles. The number of rotatable bonds is 8. The predicted octanol–water partition coefficient (Wildman–Crippen LogP) is 0.108. The Morgan fingerprint density at radius 2 is 1.77 bits per heavy atom. The molecule has 138 valence electrons. The van der Waals surface area contributed by atoms with Crippen LogP contribution in [-0.2, 0) is 24.3 Å². The van der Waals surface area contributed by atoms with E-state index < -0.39 is 28.5 Å². The zero-order chi connectivity index (χ0) is 19.0. The van der Waals surface area contributed by atoms with Gasteiger partial charge in [0.1, 0.15) is 0 Å². The fraction of sp³-hybridized carbons (Fsp3) is 0.200. The normalized spacial score (nSPS) is 10.8. The number of hydrogen-bond donors (Lipinski definition) is 3. The highest BCUT2D eigenvalue weighted by atomic mass is 32.2. The number of amides is 1. The van der Waals surface area contributed by atoms with Gasteiger partial charge in [0.2, 0.25) is 16.0 Å². The lowest BCUT2D eigenvalue weighted by Gasteiger charge is -2.07. The Hall–Kier alpha value is -3.05. The number of anilines is 2. The summed E-state index contributed by atoms with van der Waals surface area (Å²) < 4.78 is 27.1. The van der Waals surface area contributed by atoms with Crippen LogP contribution in [-0.4, -0.2) is 43.4 Å². The highest BCUT2D eigenvalue weighted by Gasteiger charge is 2.10. The summed E-state index contributed by atoms with van der Waals surface area (Å²) in [6.07, 6.45) is 3.16. The Morgan fingerprint density at radius 3 is 2.38 bits per heavy atom. The van der Waals surface area contributed by atoms with E-state index in [-0.39, 0.29) is 17.9 Å². The van der Waals surface area contributed by atoms with E-state index in [1.54, 1.807) is 18.5 Å². The minimum atomic E-state index is -3.80. The van der Waals surface area contributed by atoms with Gasteiger partial charge in [-0.25, -0.2) is 23.5 Å². The molecular weight excluding hydrogens is 362 g/mol. The number of nitrogens with one attached hydrogen (secondary N) is 2. The lowest BCUT2D eigenvalue weighted by Crippen LogP contribution is -2.22. The maximum absolute atomic E-state index is 11.7. The van der Waals surface area contributed by atoms with E-state index in [0.29, 0.717) is 11.6 Å². The third-order valence-electron chi connectivity index (χ3n) is 3.01. The smallest absolute Gasteiger partial charge is 0.308 e. The third kappa shape index (κ3) is 6.45. The lowest BCUT2D eigenvalue weighted by molar-refractivity contribution is -0.147. The van der Waals surface area contributed by atoms with Crippen LogP contribution in [0.1, 0.15) is 6.42 Å². The summed E-state index contributed by atoms with van der Waals surface area (Å²) in [4.78, 5) is 31.1. The molecule has 2 rings (SSSR count). The molecule has 0 aliphatic carbocycles. The fourth-order valence-corrected chi connectivity index (χ4v) is 2.33. The first-order valence-corrected chi connectivity index (χ1v) is 8.98. The minimum Gasteiger partial charge on any atom is -0.456 e. The Labute approximate surface area is 149 Å². The van der Waals surface area contributed by atoms with Gasteiger partial charge in [-0.2, -0.15) is 0 Å². The number of aromatic nitrogens is 2. The molecule has 1 heterocycles. The molecule has 2 aromatic rings. The second-order valence-corrected chi connectivity index (χ2v) is 6.59. The molecule has 0 saturated heterocycles. The van der Waals surface area contributed by atoms with Crippen molar-refractivity contribution >= 4 is 33.5 Å². The van der Waals surface area contributed by atoms with Crippen molar-refractivity contribution in [3.8, 4) is 0 Å². The van der Waals surface area contributed by atoms with E-state index >= 15 is 0 Å². The third-order valence-corrected chi connectivity index (χ3v) is 3.94. The van der Waals surface area contributed by atoms with Crippen LogP contribution < -0.4 is 15.8 Å². The number of esters is 1. The molecule has 11 heteroatoms. The van der Waals surface area contributed by atoms with Crippen LogP contribution in [0.4, 0.5) is 11.6 Å². The summed E-state index contributed by atoms with van der Waals surface area (Å²) in [6, 6.07) is 6.94. The van der Waals surface area contributed by atoms with E-state index in [9.17, 15) is 18.0 Å². The van der Waals surface area contributed by atoms with Gasteiger partial charge in [0.25, 0.3) is 5.91 Å². The molecule has 0 bridgehead atoms. The van der Waals surface area contributed by atoms with Crippen molar-refractivity contribution in [1.29, 1.82) is 0 Å². The van der Waals surface area contributed by atoms with Gasteiger partial charge >= 0.3 is 5.97 Å². The van der Waals surface area contributed by atoms with Crippen LogP contribution in [0.15, 0.2) is 47.6 Å². The summed E-state index contributed by atoms with van der Waals surface area (Å²) in [5.41, 5.74) is 0.348. The van der Waals surface area contributed by atoms with Gasteiger partial charge in [0, 0.05) is 24.6 Å². The van der Waals surface area contributed by atoms with Crippen LogP contribution in [0, 0.1) is 0 Å². The average Bonchev–Trinajstić information content (AvgIpc) is 2.60. The molecule has 1 aromatic carbocycles. The topological polar surface area (TPSA) is 153 Å². The molecule has 1 amide bonds. The minimum absolute atomic E-state index is 0.0363. The van der Waals surface area contributed by atoms with Crippen molar-refractivity contribution in [2.75, 3.05) is 23.8 Å². The number of primary sulfonamides is 1.